The summed E-state index contributed by atoms with van der Waals surface area (Å²) in [7, 11) is 0. The average molecular weight is 229 g/mol. The lowest BCUT2D eigenvalue weighted by atomic mass is 10.0. The van der Waals surface area contributed by atoms with Gasteiger partial charge in [0.15, 0.2) is 0 Å². The number of aliphatic hydroxyl groups is 1. The number of carbonyl (C=O) groups is 1. The average Bonchev–Trinajstić information content (AvgIpc) is 2.23. The molecule has 0 aromatic carbocycles. The van der Waals surface area contributed by atoms with Crippen LogP contribution < -0.4 is 0 Å². The monoisotopic (exact) mass is 229 g/mol. The first-order valence-corrected chi connectivity index (χ1v) is 5.90. The smallest absolute Gasteiger partial charge is 0.410 e. The van der Waals surface area contributed by atoms with Gasteiger partial charge in [-0.2, -0.15) is 0 Å². The van der Waals surface area contributed by atoms with E-state index in [0.29, 0.717) is 13.1 Å². The quantitative estimate of drug-likeness (QED) is 0.692. The largest absolute Gasteiger partial charge is 0.444 e. The second-order valence-corrected chi connectivity index (χ2v) is 5.86. The number of ether oxygens (including phenoxy) is 1. The summed E-state index contributed by atoms with van der Waals surface area (Å²) in [5.41, 5.74) is -1.26. The van der Waals surface area contributed by atoms with Crippen molar-refractivity contribution in [3.63, 3.8) is 0 Å². The molecule has 4 nitrogen and oxygen atoms in total. The molecule has 16 heavy (non-hydrogen) atoms. The van der Waals surface area contributed by atoms with Gasteiger partial charge in [0.1, 0.15) is 5.60 Å². The number of rotatable bonds is 0. The van der Waals surface area contributed by atoms with E-state index in [0.717, 1.165) is 19.3 Å². The number of amides is 1. The molecular weight excluding hydrogens is 206 g/mol. The summed E-state index contributed by atoms with van der Waals surface area (Å²) in [4.78, 5) is 13.5. The van der Waals surface area contributed by atoms with E-state index >= 15 is 0 Å². The Labute approximate surface area is 97.6 Å². The van der Waals surface area contributed by atoms with Crippen molar-refractivity contribution in [3.8, 4) is 0 Å². The molecule has 1 amide bonds. The highest BCUT2D eigenvalue weighted by atomic mass is 16.6. The predicted octanol–water partition coefficient (Wildman–Crippen LogP) is 2.16. The van der Waals surface area contributed by atoms with Crippen LogP contribution in [-0.4, -0.2) is 40.4 Å². The minimum atomic E-state index is -0.784. The highest BCUT2D eigenvalue weighted by molar-refractivity contribution is 5.68. The first kappa shape index (κ1) is 13.3. The molecule has 1 aliphatic heterocycles. The first-order valence-electron chi connectivity index (χ1n) is 5.90. The predicted molar refractivity (Wildman–Crippen MR) is 62.3 cm³/mol. The third-order valence-electron chi connectivity index (χ3n) is 2.58. The molecule has 1 N–H and O–H groups in total. The second kappa shape index (κ2) is 4.62. The molecular formula is C12H23NO3. The molecule has 0 spiro atoms. The standard InChI is InChI=1S/C12H23NO3/c1-11(2,3)16-10(14)13-8-6-5-7-12(4,15)9-13/h15H,5-9H2,1-4H3/t12-/m1/s1. The molecule has 0 aromatic heterocycles. The molecule has 94 valence electrons. The van der Waals surface area contributed by atoms with Crippen molar-refractivity contribution < 1.29 is 14.6 Å². The zero-order valence-electron chi connectivity index (χ0n) is 10.7. The molecule has 0 bridgehead atoms. The van der Waals surface area contributed by atoms with Gasteiger partial charge in [-0.25, -0.2) is 4.79 Å². The van der Waals surface area contributed by atoms with E-state index in [1.807, 2.05) is 20.8 Å². The van der Waals surface area contributed by atoms with Crippen molar-refractivity contribution in [3.05, 3.63) is 0 Å². The Kier molecular flexibility index (Phi) is 3.84. The maximum atomic E-state index is 11.8. The van der Waals surface area contributed by atoms with Crippen molar-refractivity contribution in [2.75, 3.05) is 13.1 Å². The summed E-state index contributed by atoms with van der Waals surface area (Å²) >= 11 is 0. The second-order valence-electron chi connectivity index (χ2n) is 5.86. The Morgan fingerprint density at radius 1 is 1.38 bits per heavy atom. The third kappa shape index (κ3) is 4.39. The molecule has 0 aliphatic carbocycles. The van der Waals surface area contributed by atoms with E-state index in [9.17, 15) is 9.90 Å². The summed E-state index contributed by atoms with van der Waals surface area (Å²) < 4.78 is 5.30. The van der Waals surface area contributed by atoms with Crippen LogP contribution in [0.15, 0.2) is 0 Å². The number of hydrogen-bond donors (Lipinski definition) is 1. The number of β-amino-alcohol motifs (C(OH)–C–C–N with tert-alkyl or cyclic N) is 1. The SMILES string of the molecule is CC(C)(C)OC(=O)N1CCCC[C@@](C)(O)C1. The zero-order valence-corrected chi connectivity index (χ0v) is 10.7. The molecule has 1 atom stereocenters. The molecule has 1 rings (SSSR count). The van der Waals surface area contributed by atoms with Gasteiger partial charge in [-0.1, -0.05) is 0 Å². The van der Waals surface area contributed by atoms with Crippen molar-refractivity contribution in [1.29, 1.82) is 0 Å². The lowest BCUT2D eigenvalue weighted by molar-refractivity contribution is -0.00567. The van der Waals surface area contributed by atoms with Crippen LogP contribution in [0.1, 0.15) is 47.0 Å². The van der Waals surface area contributed by atoms with E-state index in [4.69, 9.17) is 4.74 Å². The van der Waals surface area contributed by atoms with E-state index in [1.165, 1.54) is 0 Å². The Balaban J connectivity index is 2.61. The van der Waals surface area contributed by atoms with Crippen LogP contribution in [0.5, 0.6) is 0 Å². The van der Waals surface area contributed by atoms with Crippen LogP contribution in [0.2, 0.25) is 0 Å². The highest BCUT2D eigenvalue weighted by Crippen LogP contribution is 2.21. The fourth-order valence-electron chi connectivity index (χ4n) is 1.86. The van der Waals surface area contributed by atoms with Gasteiger partial charge in [-0.15, -0.1) is 0 Å². The molecule has 1 fully saturated rings. The van der Waals surface area contributed by atoms with E-state index in [-0.39, 0.29) is 6.09 Å². The summed E-state index contributed by atoms with van der Waals surface area (Å²) in [6, 6.07) is 0. The lowest BCUT2D eigenvalue weighted by Crippen LogP contribution is -2.44. The fraction of sp³-hybridized carbons (Fsp3) is 0.917. The van der Waals surface area contributed by atoms with Crippen LogP contribution in [0.3, 0.4) is 0 Å². The number of carbonyl (C=O) groups excluding carboxylic acids is 1. The van der Waals surface area contributed by atoms with Gasteiger partial charge >= 0.3 is 6.09 Å². The Morgan fingerprint density at radius 3 is 2.56 bits per heavy atom. The van der Waals surface area contributed by atoms with Crippen LogP contribution >= 0.6 is 0 Å². The lowest BCUT2D eigenvalue weighted by Gasteiger charge is -2.30. The van der Waals surface area contributed by atoms with Gasteiger partial charge in [0.05, 0.1) is 12.1 Å². The van der Waals surface area contributed by atoms with Crippen molar-refractivity contribution in [1.82, 2.24) is 4.90 Å². The molecule has 0 aromatic rings. The Bertz CT molecular complexity index is 255. The number of hydrogen-bond acceptors (Lipinski definition) is 3. The topological polar surface area (TPSA) is 49.8 Å². The fourth-order valence-corrected chi connectivity index (χ4v) is 1.86. The van der Waals surface area contributed by atoms with Crippen LogP contribution in [0.4, 0.5) is 4.79 Å². The van der Waals surface area contributed by atoms with Crippen LogP contribution in [0.25, 0.3) is 0 Å². The maximum Gasteiger partial charge on any atom is 0.410 e. The normalized spacial score (nSPS) is 27.4. The summed E-state index contributed by atoms with van der Waals surface area (Å²) in [6.07, 6.45) is 2.29. The van der Waals surface area contributed by atoms with Crippen molar-refractivity contribution in [2.24, 2.45) is 0 Å². The maximum absolute atomic E-state index is 11.8. The van der Waals surface area contributed by atoms with E-state index < -0.39 is 11.2 Å². The van der Waals surface area contributed by atoms with Crippen molar-refractivity contribution in [2.45, 2.75) is 58.2 Å². The Morgan fingerprint density at radius 2 is 2.00 bits per heavy atom. The van der Waals surface area contributed by atoms with Gasteiger partial charge in [0.25, 0.3) is 0 Å². The molecule has 4 heteroatoms. The van der Waals surface area contributed by atoms with Gasteiger partial charge in [-0.05, 0) is 47.0 Å². The van der Waals surface area contributed by atoms with Crippen molar-refractivity contribution >= 4 is 6.09 Å². The van der Waals surface area contributed by atoms with Gasteiger partial charge in [-0.3, -0.25) is 0 Å². The van der Waals surface area contributed by atoms with E-state index in [1.54, 1.807) is 11.8 Å². The summed E-state index contributed by atoms with van der Waals surface area (Å²) in [6.45, 7) is 8.35. The highest BCUT2D eigenvalue weighted by Gasteiger charge is 2.31. The third-order valence-corrected chi connectivity index (χ3v) is 2.58. The summed E-state index contributed by atoms with van der Waals surface area (Å²) in [5.74, 6) is 0. The minimum absolute atomic E-state index is 0.324. The summed E-state index contributed by atoms with van der Waals surface area (Å²) in [5, 5.41) is 10.0. The Hall–Kier alpha value is -0.770. The zero-order chi connectivity index (χ0) is 12.4. The molecule has 1 saturated heterocycles. The molecule has 1 aliphatic rings. The van der Waals surface area contributed by atoms with E-state index in [2.05, 4.69) is 0 Å². The van der Waals surface area contributed by atoms with Gasteiger partial charge < -0.3 is 14.7 Å². The van der Waals surface area contributed by atoms with Crippen LogP contribution in [-0.2, 0) is 4.74 Å². The number of nitrogens with zero attached hydrogens (tertiary/aromatic N) is 1. The molecule has 1 heterocycles. The molecule has 0 unspecified atom stereocenters. The van der Waals surface area contributed by atoms with Crippen LogP contribution in [0, 0.1) is 0 Å². The molecule has 0 saturated carbocycles. The molecule has 0 radical (unpaired) electrons. The number of likely N-dealkylation sites (tertiary alicyclic amines) is 1. The first-order chi connectivity index (χ1) is 7.20. The minimum Gasteiger partial charge on any atom is -0.444 e. The van der Waals surface area contributed by atoms with Gasteiger partial charge in [0, 0.05) is 6.54 Å². The van der Waals surface area contributed by atoms with Gasteiger partial charge in [0.2, 0.25) is 0 Å².